The zero-order valence-corrected chi connectivity index (χ0v) is 21.2. The van der Waals surface area contributed by atoms with Gasteiger partial charge >= 0.3 is 0 Å². The number of carbonyl (C=O) groups excluding carboxylic acids is 1. The number of hydrogen-bond acceptors (Lipinski definition) is 3. The summed E-state index contributed by atoms with van der Waals surface area (Å²) in [7, 11) is 0. The zero-order chi connectivity index (χ0) is 24.1. The molecule has 0 radical (unpaired) electrons. The maximum atomic E-state index is 13.1. The van der Waals surface area contributed by atoms with E-state index in [0.29, 0.717) is 17.6 Å². The number of aryl methyl sites for hydroxylation is 2. The number of nitrogens with one attached hydrogen (secondary N) is 1. The molecule has 0 spiro atoms. The van der Waals surface area contributed by atoms with E-state index >= 15 is 0 Å². The molecule has 0 aliphatic rings. The molecule has 0 saturated carbocycles. The maximum Gasteiger partial charge on any atom is 0.234 e. The molecule has 34 heavy (non-hydrogen) atoms. The third-order valence-electron chi connectivity index (χ3n) is 6.06. The summed E-state index contributed by atoms with van der Waals surface area (Å²) in [4.78, 5) is 17.9. The number of thioether (sulfide) groups is 1. The number of aromatic nitrogens is 2. The van der Waals surface area contributed by atoms with Crippen LogP contribution in [0.25, 0.3) is 11.0 Å². The van der Waals surface area contributed by atoms with Crippen molar-refractivity contribution in [2.24, 2.45) is 0 Å². The lowest BCUT2D eigenvalue weighted by atomic mass is 9.92. The summed E-state index contributed by atoms with van der Waals surface area (Å²) < 4.78 is 2.24. The van der Waals surface area contributed by atoms with Crippen molar-refractivity contribution in [1.29, 1.82) is 0 Å². The Morgan fingerprint density at radius 2 is 1.53 bits per heavy atom. The van der Waals surface area contributed by atoms with Crippen LogP contribution in [0.4, 0.5) is 5.69 Å². The van der Waals surface area contributed by atoms with Gasteiger partial charge in [-0.15, -0.1) is 0 Å². The van der Waals surface area contributed by atoms with Gasteiger partial charge in [0.05, 0.1) is 16.8 Å². The van der Waals surface area contributed by atoms with Gasteiger partial charge in [-0.2, -0.15) is 0 Å². The minimum atomic E-state index is 0.00154. The summed E-state index contributed by atoms with van der Waals surface area (Å²) in [6.07, 6.45) is 0.917. The Balaban J connectivity index is 1.52. The molecule has 0 unspecified atom stereocenters. The Bertz CT molecular complexity index is 1230. The van der Waals surface area contributed by atoms with Crippen molar-refractivity contribution < 1.29 is 4.79 Å². The first-order valence-corrected chi connectivity index (χ1v) is 13.0. The van der Waals surface area contributed by atoms with Crippen LogP contribution in [0.2, 0.25) is 0 Å². The number of anilines is 1. The van der Waals surface area contributed by atoms with Crippen molar-refractivity contribution in [1.82, 2.24) is 9.55 Å². The molecular formula is C29H33N3OS. The highest BCUT2D eigenvalue weighted by molar-refractivity contribution is 7.99. The van der Waals surface area contributed by atoms with Gasteiger partial charge in [0.1, 0.15) is 0 Å². The molecule has 176 valence electrons. The molecule has 1 aromatic heterocycles. The van der Waals surface area contributed by atoms with E-state index in [0.717, 1.165) is 34.8 Å². The van der Waals surface area contributed by atoms with Gasteiger partial charge in [0.15, 0.2) is 5.16 Å². The second-order valence-corrected chi connectivity index (χ2v) is 10.2. The number of para-hydroxylation sites is 3. The summed E-state index contributed by atoms with van der Waals surface area (Å²) in [6.45, 7) is 9.48. The predicted octanol–water partition coefficient (Wildman–Crippen LogP) is 7.26. The van der Waals surface area contributed by atoms with E-state index < -0.39 is 0 Å². The summed E-state index contributed by atoms with van der Waals surface area (Å²) in [5.41, 5.74) is 6.69. The molecule has 5 heteroatoms. The van der Waals surface area contributed by atoms with Crippen LogP contribution in [0.15, 0.2) is 78.0 Å². The van der Waals surface area contributed by atoms with Crippen LogP contribution in [0, 0.1) is 0 Å². The molecule has 1 N–H and O–H groups in total. The van der Waals surface area contributed by atoms with Gasteiger partial charge in [-0.25, -0.2) is 4.98 Å². The Morgan fingerprint density at radius 1 is 0.882 bits per heavy atom. The number of benzene rings is 3. The lowest BCUT2D eigenvalue weighted by Crippen LogP contribution is -2.18. The van der Waals surface area contributed by atoms with Crippen LogP contribution in [0.5, 0.6) is 0 Å². The highest BCUT2D eigenvalue weighted by Crippen LogP contribution is 2.33. The molecule has 4 rings (SSSR count). The minimum absolute atomic E-state index is 0.00154. The van der Waals surface area contributed by atoms with Crippen LogP contribution in [0.3, 0.4) is 0 Å². The number of amides is 1. The zero-order valence-electron chi connectivity index (χ0n) is 20.4. The number of nitrogens with zero attached hydrogens (tertiary/aromatic N) is 2. The minimum Gasteiger partial charge on any atom is -0.325 e. The molecule has 0 fully saturated rings. The molecular weight excluding hydrogens is 438 g/mol. The Labute approximate surface area is 206 Å². The van der Waals surface area contributed by atoms with E-state index in [-0.39, 0.29) is 5.91 Å². The number of hydrogen-bond donors (Lipinski definition) is 1. The molecule has 1 heterocycles. The van der Waals surface area contributed by atoms with Gasteiger partial charge in [0.2, 0.25) is 5.91 Å². The van der Waals surface area contributed by atoms with E-state index in [1.165, 1.54) is 28.5 Å². The lowest BCUT2D eigenvalue weighted by Gasteiger charge is -2.20. The van der Waals surface area contributed by atoms with E-state index in [9.17, 15) is 4.79 Å². The standard InChI is InChI=1S/C29H33N3OS/c1-20(2)23-13-10-14-24(21(3)4)28(23)31-27(33)19-34-29-30-25-15-8-9-16-26(25)32(29)18-17-22-11-6-5-7-12-22/h5-16,20-21H,17-19H2,1-4H3,(H,31,33). The van der Waals surface area contributed by atoms with Gasteiger partial charge < -0.3 is 9.88 Å². The maximum absolute atomic E-state index is 13.1. The third-order valence-corrected chi connectivity index (χ3v) is 7.03. The van der Waals surface area contributed by atoms with Crippen LogP contribution in [0.1, 0.15) is 56.2 Å². The lowest BCUT2D eigenvalue weighted by molar-refractivity contribution is -0.113. The van der Waals surface area contributed by atoms with Crippen LogP contribution < -0.4 is 5.32 Å². The largest absolute Gasteiger partial charge is 0.325 e. The first kappa shape index (κ1) is 24.1. The summed E-state index contributed by atoms with van der Waals surface area (Å²) in [6, 6.07) is 25.0. The smallest absolute Gasteiger partial charge is 0.234 e. The molecule has 0 aliphatic carbocycles. The summed E-state index contributed by atoms with van der Waals surface area (Å²) >= 11 is 1.50. The molecule has 3 aromatic carbocycles. The first-order chi connectivity index (χ1) is 16.4. The molecule has 0 bridgehead atoms. The van der Waals surface area contributed by atoms with E-state index in [4.69, 9.17) is 4.98 Å². The Hall–Kier alpha value is -3.05. The number of rotatable bonds is 9. The van der Waals surface area contributed by atoms with Crippen LogP contribution in [-0.2, 0) is 17.8 Å². The average molecular weight is 472 g/mol. The first-order valence-electron chi connectivity index (χ1n) is 12.0. The van der Waals surface area contributed by atoms with Crippen molar-refractivity contribution in [3.63, 3.8) is 0 Å². The second-order valence-electron chi connectivity index (χ2n) is 9.23. The van der Waals surface area contributed by atoms with Gasteiger partial charge in [0.25, 0.3) is 0 Å². The fourth-order valence-electron chi connectivity index (χ4n) is 4.27. The average Bonchev–Trinajstić information content (AvgIpc) is 3.19. The predicted molar refractivity (Wildman–Crippen MR) is 144 cm³/mol. The van der Waals surface area contributed by atoms with Crippen molar-refractivity contribution in [3.05, 3.63) is 89.5 Å². The highest BCUT2D eigenvalue weighted by Gasteiger charge is 2.17. The van der Waals surface area contributed by atoms with E-state index in [1.807, 2.05) is 24.3 Å². The Kier molecular flexibility index (Phi) is 7.73. The van der Waals surface area contributed by atoms with E-state index in [1.54, 1.807) is 0 Å². The van der Waals surface area contributed by atoms with Gasteiger partial charge in [-0.05, 0) is 47.1 Å². The summed E-state index contributed by atoms with van der Waals surface area (Å²) in [5.74, 6) is 0.993. The molecule has 1 amide bonds. The van der Waals surface area contributed by atoms with Crippen molar-refractivity contribution >= 4 is 34.4 Å². The molecule has 0 atom stereocenters. The topological polar surface area (TPSA) is 46.9 Å². The van der Waals surface area contributed by atoms with E-state index in [2.05, 4.69) is 86.1 Å². The van der Waals surface area contributed by atoms with Crippen LogP contribution >= 0.6 is 11.8 Å². The van der Waals surface area contributed by atoms with Gasteiger partial charge in [0, 0.05) is 12.2 Å². The fraction of sp³-hybridized carbons (Fsp3) is 0.310. The van der Waals surface area contributed by atoms with Crippen molar-refractivity contribution in [3.8, 4) is 0 Å². The summed E-state index contributed by atoms with van der Waals surface area (Å²) in [5, 5.41) is 4.11. The third kappa shape index (κ3) is 5.53. The normalized spacial score (nSPS) is 11.5. The Morgan fingerprint density at radius 3 is 2.21 bits per heavy atom. The number of carbonyl (C=O) groups is 1. The van der Waals surface area contributed by atoms with Gasteiger partial charge in [-0.1, -0.05) is 100 Å². The molecule has 0 saturated heterocycles. The van der Waals surface area contributed by atoms with Crippen LogP contribution in [-0.4, -0.2) is 21.2 Å². The number of imidazole rings is 1. The highest BCUT2D eigenvalue weighted by atomic mass is 32.2. The SMILES string of the molecule is CC(C)c1cccc(C(C)C)c1NC(=O)CSc1nc2ccccc2n1CCc1ccccc1. The fourth-order valence-corrected chi connectivity index (χ4v) is 5.11. The molecule has 0 aliphatic heterocycles. The van der Waals surface area contributed by atoms with Crippen molar-refractivity contribution in [2.45, 2.75) is 57.7 Å². The van der Waals surface area contributed by atoms with Gasteiger partial charge in [-0.3, -0.25) is 4.79 Å². The second kappa shape index (κ2) is 10.9. The van der Waals surface area contributed by atoms with Crippen molar-refractivity contribution in [2.75, 3.05) is 11.1 Å². The monoisotopic (exact) mass is 471 g/mol. The molecule has 4 aromatic rings. The quantitative estimate of drug-likeness (QED) is 0.261. The molecule has 4 nitrogen and oxygen atoms in total. The number of fused-ring (bicyclic) bond motifs is 1.